The van der Waals surface area contributed by atoms with Crippen molar-refractivity contribution in [1.29, 1.82) is 0 Å². The van der Waals surface area contributed by atoms with Gasteiger partial charge in [-0.25, -0.2) is 0 Å². The van der Waals surface area contributed by atoms with E-state index >= 15 is 0 Å². The van der Waals surface area contributed by atoms with Gasteiger partial charge in [-0.2, -0.15) is 0 Å². The summed E-state index contributed by atoms with van der Waals surface area (Å²) in [5.74, 6) is 1.78. The summed E-state index contributed by atoms with van der Waals surface area (Å²) in [7, 11) is 4.04. The summed E-state index contributed by atoms with van der Waals surface area (Å²) in [4.78, 5) is 31.3. The number of carbonyl (C=O) groups is 2. The Bertz CT molecular complexity index is 956. The van der Waals surface area contributed by atoms with Crippen LogP contribution in [-0.4, -0.2) is 68.0 Å². The summed E-state index contributed by atoms with van der Waals surface area (Å²) in [5, 5.41) is 0. The second-order valence-electron chi connectivity index (χ2n) is 9.92. The molecular formula is C27H38N2O5. The van der Waals surface area contributed by atoms with Gasteiger partial charge in [0.25, 0.3) is 5.91 Å². The Balaban J connectivity index is 1.74. The summed E-state index contributed by atoms with van der Waals surface area (Å²) < 4.78 is 17.9. The Morgan fingerprint density at radius 2 is 1.82 bits per heavy atom. The number of benzene rings is 1. The van der Waals surface area contributed by atoms with E-state index in [1.165, 1.54) is 0 Å². The lowest BCUT2D eigenvalue weighted by molar-refractivity contribution is -0.136. The lowest BCUT2D eigenvalue weighted by atomic mass is 9.74. The van der Waals surface area contributed by atoms with Gasteiger partial charge in [0, 0.05) is 6.54 Å². The summed E-state index contributed by atoms with van der Waals surface area (Å²) in [5.41, 5.74) is 1.38. The summed E-state index contributed by atoms with van der Waals surface area (Å²) in [6.45, 7) is 8.48. The zero-order chi connectivity index (χ0) is 24.4. The Labute approximate surface area is 203 Å². The second-order valence-corrected chi connectivity index (χ2v) is 9.92. The molecule has 4 atom stereocenters. The maximum Gasteiger partial charge on any atom is 0.290 e. The van der Waals surface area contributed by atoms with Crippen molar-refractivity contribution in [2.24, 2.45) is 11.8 Å². The van der Waals surface area contributed by atoms with Crippen molar-refractivity contribution >= 4 is 11.7 Å². The maximum absolute atomic E-state index is 13.8. The van der Waals surface area contributed by atoms with Gasteiger partial charge in [-0.1, -0.05) is 13.0 Å². The van der Waals surface area contributed by atoms with Crippen molar-refractivity contribution in [3.05, 3.63) is 35.1 Å². The molecular weight excluding hydrogens is 432 g/mol. The molecule has 1 saturated carbocycles. The number of rotatable bonds is 9. The van der Waals surface area contributed by atoms with Gasteiger partial charge in [0.2, 0.25) is 0 Å². The number of carbonyl (C=O) groups excluding carboxylic acids is 2. The van der Waals surface area contributed by atoms with E-state index in [1.807, 2.05) is 51.0 Å². The highest BCUT2D eigenvalue weighted by atomic mass is 16.5. The molecule has 3 aliphatic rings. The van der Waals surface area contributed by atoms with Gasteiger partial charge >= 0.3 is 0 Å². The average molecular weight is 471 g/mol. The van der Waals surface area contributed by atoms with Gasteiger partial charge in [0.05, 0.1) is 30.7 Å². The van der Waals surface area contributed by atoms with Crippen LogP contribution in [0.4, 0.5) is 0 Å². The van der Waals surface area contributed by atoms with E-state index in [-0.39, 0.29) is 29.5 Å². The van der Waals surface area contributed by atoms with Crippen LogP contribution < -0.4 is 9.47 Å². The van der Waals surface area contributed by atoms with Crippen molar-refractivity contribution in [1.82, 2.24) is 9.80 Å². The number of hydrogen-bond acceptors (Lipinski definition) is 6. The van der Waals surface area contributed by atoms with E-state index in [2.05, 4.69) is 11.8 Å². The predicted molar refractivity (Wildman–Crippen MR) is 130 cm³/mol. The van der Waals surface area contributed by atoms with E-state index in [9.17, 15) is 9.59 Å². The number of Topliss-reactive ketones (excluding diaryl/α,β-unsaturated/α-hetero) is 1. The van der Waals surface area contributed by atoms with Gasteiger partial charge < -0.3 is 24.0 Å². The van der Waals surface area contributed by atoms with Gasteiger partial charge in [-0.3, -0.25) is 9.59 Å². The van der Waals surface area contributed by atoms with Gasteiger partial charge in [-0.15, -0.1) is 0 Å². The smallest absolute Gasteiger partial charge is 0.290 e. The molecule has 0 saturated heterocycles. The SMILES string of the molecule is CCOc1ccc(C2C3=C(OC4CCC(C)CC4C3=O)C(=O)N2CCCN(C)C)cc1OCC. The molecule has 2 aliphatic heterocycles. The van der Waals surface area contributed by atoms with Crippen LogP contribution in [-0.2, 0) is 14.3 Å². The normalized spacial score (nSPS) is 26.5. The molecule has 0 N–H and O–H groups in total. The second kappa shape index (κ2) is 10.4. The van der Waals surface area contributed by atoms with Crippen LogP contribution in [0.1, 0.15) is 58.1 Å². The van der Waals surface area contributed by atoms with E-state index in [0.29, 0.717) is 42.7 Å². The molecule has 0 aromatic heterocycles. The highest BCUT2D eigenvalue weighted by Crippen LogP contribution is 2.48. The monoisotopic (exact) mass is 470 g/mol. The van der Waals surface area contributed by atoms with Gasteiger partial charge in [-0.05, 0) is 83.8 Å². The Kier molecular flexibility index (Phi) is 7.51. The first-order valence-corrected chi connectivity index (χ1v) is 12.7. The number of hydrogen-bond donors (Lipinski definition) is 0. The van der Waals surface area contributed by atoms with Crippen LogP contribution in [0.15, 0.2) is 29.5 Å². The molecule has 7 heteroatoms. The minimum Gasteiger partial charge on any atom is -0.490 e. The van der Waals surface area contributed by atoms with Crippen LogP contribution in [0.5, 0.6) is 11.5 Å². The Morgan fingerprint density at radius 1 is 1.09 bits per heavy atom. The molecule has 186 valence electrons. The third kappa shape index (κ3) is 4.67. The van der Waals surface area contributed by atoms with Crippen LogP contribution >= 0.6 is 0 Å². The topological polar surface area (TPSA) is 68.3 Å². The van der Waals surface area contributed by atoms with Gasteiger partial charge in [0.1, 0.15) is 6.10 Å². The lowest BCUT2D eigenvalue weighted by Crippen LogP contribution is -2.41. The van der Waals surface area contributed by atoms with E-state index in [1.54, 1.807) is 0 Å². The molecule has 7 nitrogen and oxygen atoms in total. The Morgan fingerprint density at radius 3 is 2.53 bits per heavy atom. The summed E-state index contributed by atoms with van der Waals surface area (Å²) in [6, 6.07) is 5.28. The fraction of sp³-hybridized carbons (Fsp3) is 0.630. The molecule has 0 radical (unpaired) electrons. The molecule has 0 spiro atoms. The summed E-state index contributed by atoms with van der Waals surface area (Å²) in [6.07, 6.45) is 3.29. The van der Waals surface area contributed by atoms with Crippen molar-refractivity contribution in [3.63, 3.8) is 0 Å². The van der Waals surface area contributed by atoms with Gasteiger partial charge in [0.15, 0.2) is 23.0 Å². The maximum atomic E-state index is 13.8. The molecule has 1 fully saturated rings. The van der Waals surface area contributed by atoms with Crippen molar-refractivity contribution in [2.75, 3.05) is 40.4 Å². The predicted octanol–water partition coefficient (Wildman–Crippen LogP) is 3.98. The van der Waals surface area contributed by atoms with Crippen LogP contribution in [0.3, 0.4) is 0 Å². The van der Waals surface area contributed by atoms with E-state index < -0.39 is 6.04 Å². The Hall–Kier alpha value is -2.54. The molecule has 4 unspecified atom stereocenters. The molecule has 1 aromatic carbocycles. The number of ketones is 1. The third-order valence-corrected chi connectivity index (χ3v) is 7.09. The van der Waals surface area contributed by atoms with Crippen LogP contribution in [0, 0.1) is 11.8 Å². The van der Waals surface area contributed by atoms with E-state index in [4.69, 9.17) is 14.2 Å². The highest BCUT2D eigenvalue weighted by molar-refractivity contribution is 6.11. The molecule has 0 bridgehead atoms. The van der Waals surface area contributed by atoms with Crippen molar-refractivity contribution in [2.45, 2.75) is 58.6 Å². The fourth-order valence-electron chi connectivity index (χ4n) is 5.50. The molecule has 1 aliphatic carbocycles. The lowest BCUT2D eigenvalue weighted by Gasteiger charge is -2.37. The number of ether oxygens (including phenoxy) is 3. The first-order valence-electron chi connectivity index (χ1n) is 12.7. The first kappa shape index (κ1) is 24.6. The molecule has 2 heterocycles. The minimum atomic E-state index is -0.467. The molecule has 1 amide bonds. The summed E-state index contributed by atoms with van der Waals surface area (Å²) >= 11 is 0. The molecule has 4 rings (SSSR count). The fourth-order valence-corrected chi connectivity index (χ4v) is 5.50. The van der Waals surface area contributed by atoms with Crippen LogP contribution in [0.2, 0.25) is 0 Å². The zero-order valence-electron chi connectivity index (χ0n) is 21.1. The minimum absolute atomic E-state index is 0.0816. The number of nitrogens with zero attached hydrogens (tertiary/aromatic N) is 2. The molecule has 1 aromatic rings. The third-order valence-electron chi connectivity index (χ3n) is 7.09. The van der Waals surface area contributed by atoms with Crippen LogP contribution in [0.25, 0.3) is 0 Å². The first-order chi connectivity index (χ1) is 16.3. The van der Waals surface area contributed by atoms with Crippen molar-refractivity contribution in [3.8, 4) is 11.5 Å². The highest BCUT2D eigenvalue weighted by Gasteiger charge is 2.52. The zero-order valence-corrected chi connectivity index (χ0v) is 21.1. The quantitative estimate of drug-likeness (QED) is 0.544. The molecule has 34 heavy (non-hydrogen) atoms. The average Bonchev–Trinajstić information content (AvgIpc) is 3.08. The van der Waals surface area contributed by atoms with E-state index in [0.717, 1.165) is 37.8 Å². The standard InChI is InChI=1S/C27H38N2O5/c1-6-32-21-12-10-18(16-22(21)33-7-2)24-23-25(30)19-15-17(3)9-11-20(19)34-26(23)27(31)29(24)14-8-13-28(4)5/h10,12,16-17,19-20,24H,6-9,11,13-15H2,1-5H3. The number of fused-ring (bicyclic) bond motifs is 1. The largest absolute Gasteiger partial charge is 0.490 e. The number of amides is 1. The van der Waals surface area contributed by atoms with Crippen molar-refractivity contribution < 1.29 is 23.8 Å².